The molecular weight excluding hydrogens is 576 g/mol. The van der Waals surface area contributed by atoms with Crippen LogP contribution in [-0.2, 0) is 28.7 Å². The van der Waals surface area contributed by atoms with Crippen molar-refractivity contribution in [2.45, 2.75) is 159 Å². The van der Waals surface area contributed by atoms with E-state index >= 15 is 0 Å². The average molecular weight is 639 g/mol. The summed E-state index contributed by atoms with van der Waals surface area (Å²) >= 11 is 0. The Kier molecular flexibility index (Phi) is 8.46. The van der Waals surface area contributed by atoms with Crippen molar-refractivity contribution in [3.8, 4) is 0 Å². The van der Waals surface area contributed by atoms with E-state index in [-0.39, 0.29) is 63.7 Å². The molecule has 0 unspecified atom stereocenters. The molecule has 0 aliphatic heterocycles. The molecule has 8 atom stereocenters. The lowest BCUT2D eigenvalue weighted by Gasteiger charge is -2.72. The molecule has 0 spiro atoms. The summed E-state index contributed by atoms with van der Waals surface area (Å²) in [6.45, 7) is 25.4. The van der Waals surface area contributed by atoms with Crippen LogP contribution in [0.4, 0.5) is 0 Å². The van der Waals surface area contributed by atoms with E-state index < -0.39 is 16.4 Å². The van der Waals surface area contributed by atoms with Crippen LogP contribution in [0, 0.1) is 56.2 Å². The first-order valence-electron chi connectivity index (χ1n) is 18.2. The quantitative estimate of drug-likeness (QED) is 0.213. The highest BCUT2D eigenvalue weighted by Gasteiger charge is 2.70. The number of hydrogen-bond acceptors (Lipinski definition) is 6. The normalized spacial score (nSPS) is 40.4. The monoisotopic (exact) mass is 638 g/mol. The molecule has 0 bridgehead atoms. The second-order valence-corrected chi connectivity index (χ2v) is 19.4. The minimum Gasteiger partial charge on any atom is -0.462 e. The minimum absolute atomic E-state index is 0.00410. The first-order chi connectivity index (χ1) is 21.0. The Morgan fingerprint density at radius 1 is 0.870 bits per heavy atom. The fourth-order valence-corrected chi connectivity index (χ4v) is 12.0. The Bertz CT molecular complexity index is 1330. The Morgan fingerprint density at radius 2 is 1.52 bits per heavy atom. The standard InChI is InChI=1S/C40H62O6/c1-24(2)31-26(42)21-40(23-41)20-19-38(11)25(32(31)40)13-14-28-37(10)17-16-29(36(8,9)27(37)15-18-39(28,38)12)45-30(43)22-35(6,7)33(44)46-34(3,4)5/h23-25,27-29H,13-22H2,1-12H3/t25-,27-,28-,29+,37+,38-,39-,40+/m1/s1. The number of hydrogen-bond donors (Lipinski definition) is 0. The number of carbonyl (C=O) groups excluding carboxylic acids is 4. The molecule has 46 heavy (non-hydrogen) atoms. The summed E-state index contributed by atoms with van der Waals surface area (Å²) in [7, 11) is 0. The topological polar surface area (TPSA) is 86.7 Å². The molecule has 0 N–H and O–H groups in total. The van der Waals surface area contributed by atoms with Gasteiger partial charge in [0.15, 0.2) is 5.78 Å². The zero-order valence-corrected chi connectivity index (χ0v) is 31.0. The van der Waals surface area contributed by atoms with Gasteiger partial charge in [0.05, 0.1) is 17.3 Å². The molecule has 5 aliphatic rings. The molecule has 6 nitrogen and oxygen atoms in total. The van der Waals surface area contributed by atoms with E-state index in [0.29, 0.717) is 18.3 Å². The van der Waals surface area contributed by atoms with Gasteiger partial charge in [0.2, 0.25) is 0 Å². The van der Waals surface area contributed by atoms with E-state index in [4.69, 9.17) is 9.47 Å². The zero-order chi connectivity index (χ0) is 34.5. The molecular formula is C40H62O6. The van der Waals surface area contributed by atoms with E-state index in [1.807, 2.05) is 20.8 Å². The van der Waals surface area contributed by atoms with Gasteiger partial charge in [-0.05, 0) is 137 Å². The molecule has 0 radical (unpaired) electrons. The highest BCUT2D eigenvalue weighted by Crippen LogP contribution is 2.76. The number of aldehydes is 1. The van der Waals surface area contributed by atoms with Crippen LogP contribution < -0.4 is 0 Å². The average Bonchev–Trinajstić information content (AvgIpc) is 3.22. The van der Waals surface area contributed by atoms with Crippen LogP contribution in [0.25, 0.3) is 0 Å². The first kappa shape index (κ1) is 35.3. The summed E-state index contributed by atoms with van der Waals surface area (Å²) in [6.07, 6.45) is 9.22. The molecule has 5 rings (SSSR count). The number of carbonyl (C=O) groups is 4. The molecule has 0 aromatic carbocycles. The Morgan fingerprint density at radius 3 is 2.11 bits per heavy atom. The van der Waals surface area contributed by atoms with Crippen molar-refractivity contribution in [2.75, 3.05) is 0 Å². The van der Waals surface area contributed by atoms with Crippen molar-refractivity contribution < 1.29 is 28.7 Å². The molecule has 0 saturated heterocycles. The number of ether oxygens (including phenoxy) is 2. The molecule has 258 valence electrons. The molecule has 5 aliphatic carbocycles. The summed E-state index contributed by atoms with van der Waals surface area (Å²) in [4.78, 5) is 52.4. The van der Waals surface area contributed by atoms with Crippen LogP contribution >= 0.6 is 0 Å². The van der Waals surface area contributed by atoms with Crippen molar-refractivity contribution in [3.63, 3.8) is 0 Å². The van der Waals surface area contributed by atoms with Gasteiger partial charge in [0.25, 0.3) is 0 Å². The van der Waals surface area contributed by atoms with Gasteiger partial charge < -0.3 is 14.3 Å². The molecule has 0 aromatic rings. The van der Waals surface area contributed by atoms with Crippen molar-refractivity contribution in [3.05, 3.63) is 11.1 Å². The SMILES string of the molecule is CC(C)C1=C2[C@H]3CC[C@@H]4[C@@]5(C)CC[C@H](OC(=O)CC(C)(C)C(=O)OC(C)(C)C)C(C)(C)[C@H]5CC[C@@]4(C)[C@]3(C)CC[C@@]2(C=O)CC1=O. The molecule has 0 amide bonds. The second kappa shape index (κ2) is 11.0. The van der Waals surface area contributed by atoms with Gasteiger partial charge in [0.1, 0.15) is 18.0 Å². The van der Waals surface area contributed by atoms with Crippen molar-refractivity contribution in [1.29, 1.82) is 0 Å². The van der Waals surface area contributed by atoms with Crippen LogP contribution in [0.3, 0.4) is 0 Å². The summed E-state index contributed by atoms with van der Waals surface area (Å²) in [6, 6.07) is 0. The van der Waals surface area contributed by atoms with Gasteiger partial charge >= 0.3 is 11.9 Å². The maximum atomic E-state index is 13.4. The van der Waals surface area contributed by atoms with E-state index in [2.05, 4.69) is 48.5 Å². The fourth-order valence-electron chi connectivity index (χ4n) is 12.0. The highest BCUT2D eigenvalue weighted by molar-refractivity contribution is 6.03. The Hall–Kier alpha value is -1.98. The van der Waals surface area contributed by atoms with E-state index in [0.717, 1.165) is 63.2 Å². The maximum Gasteiger partial charge on any atom is 0.312 e. The number of ketones is 1. The van der Waals surface area contributed by atoms with Crippen molar-refractivity contribution in [1.82, 2.24) is 0 Å². The first-order valence-corrected chi connectivity index (χ1v) is 18.2. The van der Waals surface area contributed by atoms with Crippen LogP contribution in [0.5, 0.6) is 0 Å². The van der Waals surface area contributed by atoms with Crippen LogP contribution in [0.2, 0.25) is 0 Å². The van der Waals surface area contributed by atoms with Gasteiger partial charge in [-0.1, -0.05) is 48.5 Å². The third kappa shape index (κ3) is 5.16. The maximum absolute atomic E-state index is 13.4. The fraction of sp³-hybridized carbons (Fsp3) is 0.850. The minimum atomic E-state index is -0.964. The molecule has 6 heteroatoms. The van der Waals surface area contributed by atoms with Gasteiger partial charge in [-0.25, -0.2) is 0 Å². The van der Waals surface area contributed by atoms with Gasteiger partial charge in [0, 0.05) is 11.8 Å². The molecule has 0 aromatic heterocycles. The highest BCUT2D eigenvalue weighted by atomic mass is 16.6. The Labute approximate surface area is 278 Å². The Balaban J connectivity index is 1.39. The second-order valence-electron chi connectivity index (χ2n) is 19.4. The number of Topliss-reactive ketones (excluding diaryl/α,β-unsaturated/α-hetero) is 1. The lowest BCUT2D eigenvalue weighted by Crippen LogP contribution is -2.65. The number of fused-ring (bicyclic) bond motifs is 7. The molecule has 0 heterocycles. The summed E-state index contributed by atoms with van der Waals surface area (Å²) in [5.74, 6) is 0.829. The predicted octanol–water partition coefficient (Wildman–Crippen LogP) is 8.84. The van der Waals surface area contributed by atoms with Crippen LogP contribution in [-0.4, -0.2) is 35.7 Å². The number of rotatable bonds is 6. The van der Waals surface area contributed by atoms with Crippen molar-refractivity contribution in [2.24, 2.45) is 56.2 Å². The van der Waals surface area contributed by atoms with Gasteiger partial charge in [-0.2, -0.15) is 0 Å². The molecule has 4 saturated carbocycles. The van der Waals surface area contributed by atoms with Gasteiger partial charge in [-0.3, -0.25) is 14.4 Å². The predicted molar refractivity (Wildman–Crippen MR) is 180 cm³/mol. The third-order valence-corrected chi connectivity index (χ3v) is 14.5. The van der Waals surface area contributed by atoms with E-state index in [9.17, 15) is 19.2 Å². The summed E-state index contributed by atoms with van der Waals surface area (Å²) < 4.78 is 11.9. The molecule has 4 fully saturated rings. The van der Waals surface area contributed by atoms with Crippen LogP contribution in [0.1, 0.15) is 147 Å². The lowest BCUT2D eigenvalue weighted by molar-refractivity contribution is -0.233. The third-order valence-electron chi connectivity index (χ3n) is 14.5. The summed E-state index contributed by atoms with van der Waals surface area (Å²) in [5, 5.41) is 0. The number of allylic oxidation sites excluding steroid dienone is 2. The zero-order valence-electron chi connectivity index (χ0n) is 31.0. The van der Waals surface area contributed by atoms with E-state index in [1.165, 1.54) is 5.57 Å². The largest absolute Gasteiger partial charge is 0.462 e. The lowest BCUT2D eigenvalue weighted by atomic mass is 9.33. The summed E-state index contributed by atoms with van der Waals surface area (Å²) in [5.41, 5.74) is 0.0203. The van der Waals surface area contributed by atoms with Crippen LogP contribution in [0.15, 0.2) is 11.1 Å². The van der Waals surface area contributed by atoms with Crippen molar-refractivity contribution >= 4 is 24.0 Å². The van der Waals surface area contributed by atoms with Gasteiger partial charge in [-0.15, -0.1) is 0 Å². The number of esters is 2. The van der Waals surface area contributed by atoms with E-state index in [1.54, 1.807) is 13.8 Å². The smallest absolute Gasteiger partial charge is 0.312 e.